The van der Waals surface area contributed by atoms with E-state index < -0.39 is 10.8 Å². The van der Waals surface area contributed by atoms with Crippen LogP contribution in [0.3, 0.4) is 0 Å². The lowest BCUT2D eigenvalue weighted by Crippen LogP contribution is -2.15. The Bertz CT molecular complexity index is 416. The number of nitrogens with two attached hydrogens (primary N) is 1. The third-order valence-corrected chi connectivity index (χ3v) is 5.36. The van der Waals surface area contributed by atoms with E-state index in [9.17, 15) is 4.21 Å². The Morgan fingerprint density at radius 1 is 1.29 bits per heavy atom. The average molecular weight is 272 g/mol. The normalized spacial score (nSPS) is 19.1. The number of benzene rings is 1. The van der Waals surface area contributed by atoms with Gasteiger partial charge in [-0.2, -0.15) is 0 Å². The van der Waals surface area contributed by atoms with E-state index in [-0.39, 0.29) is 0 Å². The number of halogens is 1. The Labute approximate surface area is 110 Å². The first-order valence-corrected chi connectivity index (χ1v) is 7.80. The van der Waals surface area contributed by atoms with Crippen LogP contribution in [0, 0.1) is 5.92 Å². The topological polar surface area (TPSA) is 43.1 Å². The molecule has 0 aromatic heterocycles. The van der Waals surface area contributed by atoms with Gasteiger partial charge >= 0.3 is 0 Å². The molecule has 0 amide bonds. The van der Waals surface area contributed by atoms with Crippen LogP contribution in [0.5, 0.6) is 0 Å². The van der Waals surface area contributed by atoms with Gasteiger partial charge in [0.15, 0.2) is 0 Å². The summed E-state index contributed by atoms with van der Waals surface area (Å²) >= 11 is 6.07. The molecule has 1 fully saturated rings. The maximum absolute atomic E-state index is 12.2. The van der Waals surface area contributed by atoms with Crippen molar-refractivity contribution >= 4 is 28.1 Å². The highest BCUT2D eigenvalue weighted by atomic mass is 35.5. The maximum Gasteiger partial charge on any atom is 0.0587 e. The molecule has 0 heterocycles. The zero-order chi connectivity index (χ0) is 12.3. The van der Waals surface area contributed by atoms with Crippen molar-refractivity contribution in [2.45, 2.75) is 37.0 Å². The third-order valence-electron chi connectivity index (χ3n) is 3.31. The molecule has 1 saturated carbocycles. The Morgan fingerprint density at radius 2 is 2.00 bits per heavy atom. The molecule has 17 heavy (non-hydrogen) atoms. The van der Waals surface area contributed by atoms with E-state index in [0.717, 1.165) is 10.6 Å². The number of nitrogen functional groups attached to an aromatic ring is 1. The predicted octanol–water partition coefficient (Wildman–Crippen LogP) is 3.61. The second-order valence-electron chi connectivity index (χ2n) is 4.71. The largest absolute Gasteiger partial charge is 0.399 e. The smallest absolute Gasteiger partial charge is 0.0587 e. The third kappa shape index (κ3) is 3.46. The molecule has 1 aliphatic carbocycles. The lowest BCUT2D eigenvalue weighted by Gasteiger charge is -2.21. The molecule has 1 atom stereocenters. The Hall–Kier alpha value is -0.540. The minimum Gasteiger partial charge on any atom is -0.399 e. The van der Waals surface area contributed by atoms with E-state index in [2.05, 4.69) is 0 Å². The van der Waals surface area contributed by atoms with Gasteiger partial charge in [0.2, 0.25) is 0 Å². The average Bonchev–Trinajstić information content (AvgIpc) is 2.30. The second kappa shape index (κ2) is 5.87. The zero-order valence-electron chi connectivity index (χ0n) is 9.82. The Balaban J connectivity index is 2.03. The molecule has 0 aliphatic heterocycles. The summed E-state index contributed by atoms with van der Waals surface area (Å²) in [6, 6.07) is 5.23. The predicted molar refractivity (Wildman–Crippen MR) is 73.7 cm³/mol. The summed E-state index contributed by atoms with van der Waals surface area (Å²) in [5, 5.41) is 0.527. The summed E-state index contributed by atoms with van der Waals surface area (Å²) in [7, 11) is -0.988. The number of anilines is 1. The molecule has 0 radical (unpaired) electrons. The summed E-state index contributed by atoms with van der Waals surface area (Å²) in [5.74, 6) is 1.34. The van der Waals surface area contributed by atoms with Crippen LogP contribution in [0.1, 0.15) is 32.1 Å². The van der Waals surface area contributed by atoms with Gasteiger partial charge in [0.05, 0.1) is 20.7 Å². The summed E-state index contributed by atoms with van der Waals surface area (Å²) in [4.78, 5) is 0.728. The molecule has 4 heteroatoms. The lowest BCUT2D eigenvalue weighted by atomic mass is 9.91. The van der Waals surface area contributed by atoms with Gasteiger partial charge in [-0.05, 0) is 37.0 Å². The highest BCUT2D eigenvalue weighted by Crippen LogP contribution is 2.28. The fourth-order valence-electron chi connectivity index (χ4n) is 2.36. The minimum absolute atomic E-state index is 0.527. The Kier molecular flexibility index (Phi) is 4.46. The van der Waals surface area contributed by atoms with Gasteiger partial charge < -0.3 is 5.73 Å². The van der Waals surface area contributed by atoms with Crippen molar-refractivity contribution in [1.82, 2.24) is 0 Å². The maximum atomic E-state index is 12.2. The monoisotopic (exact) mass is 271 g/mol. The SMILES string of the molecule is Nc1ccc(S(=O)CC2CCCCC2)c(Cl)c1. The quantitative estimate of drug-likeness (QED) is 0.854. The minimum atomic E-state index is -0.988. The molecule has 2 rings (SSSR count). The molecule has 1 aliphatic rings. The summed E-state index contributed by atoms with van der Waals surface area (Å²) < 4.78 is 12.2. The number of hydrogen-bond acceptors (Lipinski definition) is 2. The molecular weight excluding hydrogens is 254 g/mol. The zero-order valence-corrected chi connectivity index (χ0v) is 11.4. The molecule has 2 N–H and O–H groups in total. The van der Waals surface area contributed by atoms with Crippen LogP contribution >= 0.6 is 11.6 Å². The van der Waals surface area contributed by atoms with E-state index >= 15 is 0 Å². The molecule has 0 saturated heterocycles. The van der Waals surface area contributed by atoms with Crippen LogP contribution in [-0.2, 0) is 10.8 Å². The van der Waals surface area contributed by atoms with Crippen LogP contribution in [0.25, 0.3) is 0 Å². The molecule has 0 spiro atoms. The molecule has 1 unspecified atom stereocenters. The molecular formula is C13H18ClNOS. The van der Waals surface area contributed by atoms with Crippen LogP contribution < -0.4 is 5.73 Å². The van der Waals surface area contributed by atoms with Gasteiger partial charge in [-0.3, -0.25) is 4.21 Å². The fraction of sp³-hybridized carbons (Fsp3) is 0.538. The first-order chi connectivity index (χ1) is 8.16. The number of rotatable bonds is 3. The lowest BCUT2D eigenvalue weighted by molar-refractivity contribution is 0.388. The van der Waals surface area contributed by atoms with Crippen molar-refractivity contribution in [1.29, 1.82) is 0 Å². The van der Waals surface area contributed by atoms with Gasteiger partial charge in [-0.25, -0.2) is 0 Å². The van der Waals surface area contributed by atoms with Crippen molar-refractivity contribution < 1.29 is 4.21 Å². The second-order valence-corrected chi connectivity index (χ2v) is 6.58. The summed E-state index contributed by atoms with van der Waals surface area (Å²) in [5.41, 5.74) is 6.25. The summed E-state index contributed by atoms with van der Waals surface area (Å²) in [6.07, 6.45) is 6.29. The van der Waals surface area contributed by atoms with Crippen molar-refractivity contribution in [3.8, 4) is 0 Å². The van der Waals surface area contributed by atoms with Crippen molar-refractivity contribution in [2.75, 3.05) is 11.5 Å². The van der Waals surface area contributed by atoms with E-state index in [4.69, 9.17) is 17.3 Å². The van der Waals surface area contributed by atoms with Gasteiger partial charge in [0.1, 0.15) is 0 Å². The molecule has 94 valence electrons. The van der Waals surface area contributed by atoms with Crippen LogP contribution in [0.4, 0.5) is 5.69 Å². The van der Waals surface area contributed by atoms with E-state index in [1.807, 2.05) is 0 Å². The van der Waals surface area contributed by atoms with Gasteiger partial charge in [-0.15, -0.1) is 0 Å². The van der Waals surface area contributed by atoms with E-state index in [0.29, 0.717) is 16.6 Å². The molecule has 1 aromatic rings. The molecule has 1 aromatic carbocycles. The first-order valence-electron chi connectivity index (χ1n) is 6.10. The molecule has 0 bridgehead atoms. The first kappa shape index (κ1) is 12.9. The highest BCUT2D eigenvalue weighted by molar-refractivity contribution is 7.85. The van der Waals surface area contributed by atoms with E-state index in [1.165, 1.54) is 32.1 Å². The van der Waals surface area contributed by atoms with Crippen molar-refractivity contribution in [2.24, 2.45) is 5.92 Å². The van der Waals surface area contributed by atoms with E-state index in [1.54, 1.807) is 18.2 Å². The summed E-state index contributed by atoms with van der Waals surface area (Å²) in [6.45, 7) is 0. The number of hydrogen-bond donors (Lipinski definition) is 1. The highest BCUT2D eigenvalue weighted by Gasteiger charge is 2.18. The van der Waals surface area contributed by atoms with Crippen molar-refractivity contribution in [3.63, 3.8) is 0 Å². The van der Waals surface area contributed by atoms with Crippen LogP contribution in [0.2, 0.25) is 5.02 Å². The molecule has 2 nitrogen and oxygen atoms in total. The van der Waals surface area contributed by atoms with Gasteiger partial charge in [0.25, 0.3) is 0 Å². The Morgan fingerprint density at radius 3 is 2.65 bits per heavy atom. The standard InChI is InChI=1S/C13H18ClNOS/c14-12-8-11(15)6-7-13(12)17(16)9-10-4-2-1-3-5-10/h6-8,10H,1-5,9,15H2. The van der Waals surface area contributed by atoms with Crippen molar-refractivity contribution in [3.05, 3.63) is 23.2 Å². The van der Waals surface area contributed by atoms with Crippen LogP contribution in [-0.4, -0.2) is 9.96 Å². The van der Waals surface area contributed by atoms with Gasteiger partial charge in [0, 0.05) is 11.4 Å². The van der Waals surface area contributed by atoms with Gasteiger partial charge in [-0.1, -0.05) is 30.9 Å². The fourth-order valence-corrected chi connectivity index (χ4v) is 4.24. The van der Waals surface area contributed by atoms with Crippen LogP contribution in [0.15, 0.2) is 23.1 Å².